The van der Waals surface area contributed by atoms with Crippen LogP contribution in [0.25, 0.3) is 0 Å². The molecule has 0 atom stereocenters. The van der Waals surface area contributed by atoms with Crippen LogP contribution in [-0.2, 0) is 6.42 Å². The van der Waals surface area contributed by atoms with E-state index in [4.69, 9.17) is 0 Å². The van der Waals surface area contributed by atoms with Crippen LogP contribution in [0.3, 0.4) is 0 Å². The number of carbonyl (C=O) groups is 2. The van der Waals surface area contributed by atoms with Crippen LogP contribution in [0, 0.1) is 0 Å². The molecule has 0 saturated carbocycles. The van der Waals surface area contributed by atoms with E-state index in [0.717, 1.165) is 12.8 Å². The van der Waals surface area contributed by atoms with Crippen molar-refractivity contribution in [2.75, 3.05) is 11.9 Å². The third kappa shape index (κ3) is 5.00. The fourth-order valence-corrected chi connectivity index (χ4v) is 3.11. The van der Waals surface area contributed by atoms with E-state index in [1.165, 1.54) is 16.9 Å². The van der Waals surface area contributed by atoms with Crippen molar-refractivity contribution in [3.8, 4) is 0 Å². The molecule has 0 unspecified atom stereocenters. The Balaban J connectivity index is 1.46. The Morgan fingerprint density at radius 2 is 1.62 bits per heavy atom. The molecule has 3 aromatic rings. The summed E-state index contributed by atoms with van der Waals surface area (Å²) in [7, 11) is 0. The van der Waals surface area contributed by atoms with Crippen LogP contribution in [0.15, 0.2) is 66.0 Å². The number of hydrogen-bond acceptors (Lipinski definition) is 4. The molecule has 2 aromatic carbocycles. The molecule has 1 heterocycles. The first-order valence-corrected chi connectivity index (χ1v) is 9.24. The van der Waals surface area contributed by atoms with Gasteiger partial charge in [-0.05, 0) is 30.5 Å². The van der Waals surface area contributed by atoms with Gasteiger partial charge >= 0.3 is 0 Å². The van der Waals surface area contributed by atoms with E-state index < -0.39 is 0 Å². The van der Waals surface area contributed by atoms with Crippen LogP contribution in [-0.4, -0.2) is 23.3 Å². The summed E-state index contributed by atoms with van der Waals surface area (Å²) in [5.74, 6) is -0.468. The number of anilines is 1. The van der Waals surface area contributed by atoms with Gasteiger partial charge in [0, 0.05) is 17.5 Å². The number of thiazole rings is 1. The number of carbonyl (C=O) groups excluding carboxylic acids is 2. The Kier molecular flexibility index (Phi) is 6.11. The van der Waals surface area contributed by atoms with Crippen molar-refractivity contribution in [1.29, 1.82) is 0 Å². The van der Waals surface area contributed by atoms with E-state index in [0.29, 0.717) is 22.9 Å². The van der Waals surface area contributed by atoms with E-state index in [1.807, 2.05) is 24.3 Å². The van der Waals surface area contributed by atoms with Gasteiger partial charge < -0.3 is 5.32 Å². The molecule has 5 nitrogen and oxygen atoms in total. The summed E-state index contributed by atoms with van der Waals surface area (Å²) in [4.78, 5) is 28.4. The maximum absolute atomic E-state index is 12.1. The lowest BCUT2D eigenvalue weighted by Gasteiger charge is -2.04. The molecule has 3 rings (SSSR count). The van der Waals surface area contributed by atoms with E-state index >= 15 is 0 Å². The molecule has 2 amide bonds. The van der Waals surface area contributed by atoms with Crippen molar-refractivity contribution in [3.05, 3.63) is 82.9 Å². The third-order valence-electron chi connectivity index (χ3n) is 3.76. The number of aryl methyl sites for hydroxylation is 1. The number of amides is 2. The number of benzene rings is 2. The number of aromatic nitrogens is 1. The maximum Gasteiger partial charge on any atom is 0.270 e. The van der Waals surface area contributed by atoms with Crippen LogP contribution in [0.5, 0.6) is 0 Å². The molecule has 0 spiro atoms. The number of rotatable bonds is 7. The van der Waals surface area contributed by atoms with Crippen molar-refractivity contribution in [1.82, 2.24) is 10.3 Å². The molecule has 132 valence electrons. The highest BCUT2D eigenvalue weighted by molar-refractivity contribution is 7.14. The second-order valence-electron chi connectivity index (χ2n) is 5.70. The van der Waals surface area contributed by atoms with Gasteiger partial charge in [-0.1, -0.05) is 48.5 Å². The van der Waals surface area contributed by atoms with Crippen molar-refractivity contribution < 1.29 is 9.59 Å². The highest BCUT2D eigenvalue weighted by atomic mass is 32.1. The normalized spacial score (nSPS) is 10.3. The summed E-state index contributed by atoms with van der Waals surface area (Å²) >= 11 is 1.23. The van der Waals surface area contributed by atoms with E-state index in [9.17, 15) is 9.59 Å². The van der Waals surface area contributed by atoms with Crippen LogP contribution in [0.4, 0.5) is 5.13 Å². The average Bonchev–Trinajstić information content (AvgIpc) is 3.15. The number of nitrogens with zero attached hydrogens (tertiary/aromatic N) is 1. The zero-order chi connectivity index (χ0) is 18.2. The van der Waals surface area contributed by atoms with Gasteiger partial charge in [0.1, 0.15) is 5.69 Å². The van der Waals surface area contributed by atoms with Gasteiger partial charge in [0.05, 0.1) is 0 Å². The van der Waals surface area contributed by atoms with Crippen LogP contribution < -0.4 is 10.6 Å². The second-order valence-corrected chi connectivity index (χ2v) is 6.56. The fourth-order valence-electron chi connectivity index (χ4n) is 2.42. The molecule has 2 N–H and O–H groups in total. The third-order valence-corrected chi connectivity index (χ3v) is 4.52. The zero-order valence-electron chi connectivity index (χ0n) is 14.1. The van der Waals surface area contributed by atoms with Crippen molar-refractivity contribution in [2.45, 2.75) is 12.8 Å². The summed E-state index contributed by atoms with van der Waals surface area (Å²) in [6, 6.07) is 19.0. The summed E-state index contributed by atoms with van der Waals surface area (Å²) in [5, 5.41) is 7.63. The lowest BCUT2D eigenvalue weighted by atomic mass is 10.1. The minimum absolute atomic E-state index is 0.227. The van der Waals surface area contributed by atoms with Gasteiger partial charge in [0.2, 0.25) is 0 Å². The quantitative estimate of drug-likeness (QED) is 0.626. The summed E-state index contributed by atoms with van der Waals surface area (Å²) in [6.07, 6.45) is 1.77. The SMILES string of the molecule is O=C(Nc1nc(C(=O)NCCCc2ccccc2)cs1)c1ccccc1. The van der Waals surface area contributed by atoms with E-state index in [-0.39, 0.29) is 11.8 Å². The maximum atomic E-state index is 12.1. The summed E-state index contributed by atoms with van der Waals surface area (Å²) in [5.41, 5.74) is 2.12. The molecule has 26 heavy (non-hydrogen) atoms. The first kappa shape index (κ1) is 17.8. The Bertz CT molecular complexity index is 863. The van der Waals surface area contributed by atoms with Crippen molar-refractivity contribution >= 4 is 28.3 Å². The monoisotopic (exact) mass is 365 g/mol. The molecule has 0 aliphatic rings. The highest BCUT2D eigenvalue weighted by Gasteiger charge is 2.12. The second kappa shape index (κ2) is 8.92. The lowest BCUT2D eigenvalue weighted by molar-refractivity contribution is 0.0947. The molecule has 0 aliphatic carbocycles. The number of hydrogen-bond donors (Lipinski definition) is 2. The van der Waals surface area contributed by atoms with Gasteiger partial charge in [-0.2, -0.15) is 0 Å². The van der Waals surface area contributed by atoms with Gasteiger partial charge in [0.25, 0.3) is 11.8 Å². The average molecular weight is 365 g/mol. The molecule has 1 aromatic heterocycles. The van der Waals surface area contributed by atoms with Crippen molar-refractivity contribution in [2.24, 2.45) is 0 Å². The molecule has 0 aliphatic heterocycles. The minimum atomic E-state index is -0.241. The largest absolute Gasteiger partial charge is 0.351 e. The zero-order valence-corrected chi connectivity index (χ0v) is 15.0. The Hall–Kier alpha value is -2.99. The van der Waals surface area contributed by atoms with E-state index in [1.54, 1.807) is 29.6 Å². The van der Waals surface area contributed by atoms with Gasteiger partial charge in [-0.3, -0.25) is 14.9 Å². The van der Waals surface area contributed by atoms with Gasteiger partial charge in [-0.15, -0.1) is 11.3 Å². The minimum Gasteiger partial charge on any atom is -0.351 e. The van der Waals surface area contributed by atoms with Crippen LogP contribution in [0.1, 0.15) is 32.8 Å². The lowest BCUT2D eigenvalue weighted by Crippen LogP contribution is -2.25. The van der Waals surface area contributed by atoms with Crippen LogP contribution in [0.2, 0.25) is 0 Å². The van der Waals surface area contributed by atoms with E-state index in [2.05, 4.69) is 27.8 Å². The topological polar surface area (TPSA) is 71.1 Å². The van der Waals surface area contributed by atoms with Gasteiger partial charge in [-0.25, -0.2) is 4.98 Å². The molecule has 0 saturated heterocycles. The first-order chi connectivity index (χ1) is 12.7. The summed E-state index contributed by atoms with van der Waals surface area (Å²) in [6.45, 7) is 0.580. The number of nitrogens with one attached hydrogen (secondary N) is 2. The molecule has 0 fully saturated rings. The predicted molar refractivity (Wildman–Crippen MR) is 104 cm³/mol. The Labute approximate surface area is 156 Å². The van der Waals surface area contributed by atoms with Crippen molar-refractivity contribution in [3.63, 3.8) is 0 Å². The predicted octanol–water partition coefficient (Wildman–Crippen LogP) is 3.76. The molecule has 0 bridgehead atoms. The van der Waals surface area contributed by atoms with Crippen LogP contribution >= 0.6 is 11.3 Å². The summed E-state index contributed by atoms with van der Waals surface area (Å²) < 4.78 is 0. The molecular weight excluding hydrogens is 346 g/mol. The molecular formula is C20H19N3O2S. The Morgan fingerprint density at radius 1 is 0.923 bits per heavy atom. The standard InChI is InChI=1S/C20H19N3O2S/c24-18(16-11-5-2-6-12-16)23-20-22-17(14-26-20)19(25)21-13-7-10-15-8-3-1-4-9-15/h1-6,8-9,11-12,14H,7,10,13H2,(H,21,25)(H,22,23,24). The smallest absolute Gasteiger partial charge is 0.270 e. The first-order valence-electron chi connectivity index (χ1n) is 8.36. The molecule has 0 radical (unpaired) electrons. The van der Waals surface area contributed by atoms with Gasteiger partial charge in [0.15, 0.2) is 5.13 Å². The molecule has 6 heteroatoms. The highest BCUT2D eigenvalue weighted by Crippen LogP contribution is 2.16. The fraction of sp³-hybridized carbons (Fsp3) is 0.150. The Morgan fingerprint density at radius 3 is 2.35 bits per heavy atom.